The Balaban J connectivity index is 2.92. The lowest BCUT2D eigenvalue weighted by molar-refractivity contribution is -0.275. The molecule has 0 aliphatic heterocycles. The number of hydrogen-bond acceptors (Lipinski definition) is 3. The maximum absolute atomic E-state index is 12.3. The van der Waals surface area contributed by atoms with Crippen molar-refractivity contribution in [2.75, 3.05) is 6.54 Å². The smallest absolute Gasteiger partial charge is 0.481 e. The van der Waals surface area contributed by atoms with E-state index in [9.17, 15) is 18.0 Å². The summed E-state index contributed by atoms with van der Waals surface area (Å²) in [7, 11) is 0. The molecule has 0 radical (unpaired) electrons. The second kappa shape index (κ2) is 6.60. The van der Waals surface area contributed by atoms with Crippen molar-refractivity contribution in [2.24, 2.45) is 11.7 Å². The minimum Gasteiger partial charge on any atom is -0.481 e. The van der Waals surface area contributed by atoms with Crippen LogP contribution in [0, 0.1) is 5.92 Å². The predicted molar refractivity (Wildman–Crippen MR) is 66.3 cm³/mol. The van der Waals surface area contributed by atoms with Gasteiger partial charge in [-0.15, -0.1) is 13.2 Å². The second-order valence-corrected chi connectivity index (χ2v) is 4.49. The van der Waals surface area contributed by atoms with Crippen LogP contribution in [-0.4, -0.2) is 24.0 Å². The molecule has 1 aromatic rings. The van der Waals surface area contributed by atoms with Crippen LogP contribution >= 0.6 is 0 Å². The predicted octanol–water partition coefficient (Wildman–Crippen LogP) is 2.74. The summed E-state index contributed by atoms with van der Waals surface area (Å²) >= 11 is 0. The molecular formula is C13H16F3NO3. The van der Waals surface area contributed by atoms with Crippen molar-refractivity contribution in [3.8, 4) is 5.75 Å². The Morgan fingerprint density at radius 1 is 1.40 bits per heavy atom. The number of benzene rings is 1. The van der Waals surface area contributed by atoms with E-state index < -0.39 is 24.2 Å². The highest BCUT2D eigenvalue weighted by molar-refractivity contribution is 5.70. The number of rotatable bonds is 6. The number of aliphatic carboxylic acids is 1. The van der Waals surface area contributed by atoms with Gasteiger partial charge in [0.2, 0.25) is 0 Å². The van der Waals surface area contributed by atoms with Crippen LogP contribution in [0.3, 0.4) is 0 Å². The van der Waals surface area contributed by atoms with Crippen LogP contribution in [0.1, 0.15) is 24.8 Å². The van der Waals surface area contributed by atoms with Gasteiger partial charge in [-0.1, -0.05) is 25.1 Å². The van der Waals surface area contributed by atoms with E-state index in [0.29, 0.717) is 5.56 Å². The van der Waals surface area contributed by atoms with Crippen LogP contribution in [0.25, 0.3) is 0 Å². The number of nitrogens with two attached hydrogens (primary N) is 1. The fraction of sp³-hybridized carbons (Fsp3) is 0.462. The zero-order chi connectivity index (χ0) is 15.3. The molecule has 0 aliphatic rings. The third-order valence-corrected chi connectivity index (χ3v) is 2.95. The second-order valence-electron chi connectivity index (χ2n) is 4.49. The quantitative estimate of drug-likeness (QED) is 0.845. The molecule has 2 atom stereocenters. The highest BCUT2D eigenvalue weighted by Gasteiger charge is 2.33. The largest absolute Gasteiger partial charge is 0.573 e. The minimum absolute atomic E-state index is 0.0675. The Hall–Kier alpha value is -1.76. The van der Waals surface area contributed by atoms with Gasteiger partial charge in [0.1, 0.15) is 5.75 Å². The van der Waals surface area contributed by atoms with Gasteiger partial charge in [-0.2, -0.15) is 0 Å². The fourth-order valence-electron chi connectivity index (χ4n) is 1.96. The molecule has 0 heterocycles. The van der Waals surface area contributed by atoms with E-state index in [0.717, 1.165) is 0 Å². The van der Waals surface area contributed by atoms with Crippen LogP contribution < -0.4 is 10.5 Å². The first-order valence-corrected chi connectivity index (χ1v) is 6.02. The SMILES string of the molecule is CC(CC(CN)C(=O)O)c1ccccc1OC(F)(F)F. The van der Waals surface area contributed by atoms with Gasteiger partial charge in [0, 0.05) is 6.54 Å². The lowest BCUT2D eigenvalue weighted by Crippen LogP contribution is -2.25. The van der Waals surface area contributed by atoms with Crippen LogP contribution in [0.4, 0.5) is 13.2 Å². The molecule has 0 aliphatic carbocycles. The van der Waals surface area contributed by atoms with Crippen LogP contribution in [0.2, 0.25) is 0 Å². The van der Waals surface area contributed by atoms with Gasteiger partial charge in [0.25, 0.3) is 0 Å². The molecule has 0 bridgehead atoms. The van der Waals surface area contributed by atoms with Gasteiger partial charge in [-0.05, 0) is 24.0 Å². The zero-order valence-corrected chi connectivity index (χ0v) is 10.9. The number of alkyl halides is 3. The molecule has 2 unspecified atom stereocenters. The van der Waals surface area contributed by atoms with Crippen molar-refractivity contribution in [2.45, 2.75) is 25.6 Å². The molecule has 0 fully saturated rings. The first-order valence-electron chi connectivity index (χ1n) is 6.02. The molecule has 7 heteroatoms. The van der Waals surface area contributed by atoms with Gasteiger partial charge in [-0.3, -0.25) is 4.79 Å². The lowest BCUT2D eigenvalue weighted by Gasteiger charge is -2.20. The maximum atomic E-state index is 12.3. The normalized spacial score (nSPS) is 14.7. The summed E-state index contributed by atoms with van der Waals surface area (Å²) in [6.45, 7) is 1.58. The van der Waals surface area contributed by atoms with Gasteiger partial charge < -0.3 is 15.6 Å². The number of hydrogen-bond donors (Lipinski definition) is 2. The Morgan fingerprint density at radius 3 is 2.50 bits per heavy atom. The average molecular weight is 291 g/mol. The molecule has 0 saturated heterocycles. The first kappa shape index (κ1) is 16.3. The van der Waals surface area contributed by atoms with Crippen molar-refractivity contribution in [1.29, 1.82) is 0 Å². The van der Waals surface area contributed by atoms with E-state index in [2.05, 4.69) is 4.74 Å². The van der Waals surface area contributed by atoms with Crippen LogP contribution in [-0.2, 0) is 4.79 Å². The molecule has 20 heavy (non-hydrogen) atoms. The number of halogens is 3. The van der Waals surface area contributed by atoms with Crippen molar-refractivity contribution < 1.29 is 27.8 Å². The standard InChI is InChI=1S/C13H16F3NO3/c1-8(6-9(7-17)12(18)19)10-4-2-3-5-11(10)20-13(14,15)16/h2-5,8-9H,6-7,17H2,1H3,(H,18,19). The van der Waals surface area contributed by atoms with E-state index in [-0.39, 0.29) is 18.7 Å². The average Bonchev–Trinajstić information content (AvgIpc) is 2.34. The van der Waals surface area contributed by atoms with E-state index >= 15 is 0 Å². The zero-order valence-electron chi connectivity index (χ0n) is 10.9. The summed E-state index contributed by atoms with van der Waals surface area (Å²) < 4.78 is 40.9. The van der Waals surface area contributed by atoms with Gasteiger partial charge >= 0.3 is 12.3 Å². The van der Waals surface area contributed by atoms with E-state index in [1.807, 2.05) is 0 Å². The van der Waals surface area contributed by atoms with Crippen molar-refractivity contribution in [3.05, 3.63) is 29.8 Å². The summed E-state index contributed by atoms with van der Waals surface area (Å²) in [6.07, 6.45) is -4.64. The van der Waals surface area contributed by atoms with E-state index in [4.69, 9.17) is 10.8 Å². The third kappa shape index (κ3) is 4.73. The minimum atomic E-state index is -4.78. The van der Waals surface area contributed by atoms with Crippen LogP contribution in [0.5, 0.6) is 5.75 Å². The first-order chi connectivity index (χ1) is 9.24. The number of carboxylic acids is 1. The van der Waals surface area contributed by atoms with E-state index in [1.54, 1.807) is 13.0 Å². The number of carboxylic acid groups (broad SMARTS) is 1. The summed E-state index contributed by atoms with van der Waals surface area (Å²) in [4.78, 5) is 10.9. The van der Waals surface area contributed by atoms with Gasteiger partial charge in [-0.25, -0.2) is 0 Å². The van der Waals surface area contributed by atoms with Crippen molar-refractivity contribution >= 4 is 5.97 Å². The summed E-state index contributed by atoms with van der Waals surface area (Å²) in [5.41, 5.74) is 5.66. The Morgan fingerprint density at radius 2 is 2.00 bits per heavy atom. The molecule has 0 aromatic heterocycles. The molecule has 4 nitrogen and oxygen atoms in total. The summed E-state index contributed by atoms with van der Waals surface area (Å²) in [5.74, 6) is -2.59. The number of ether oxygens (including phenoxy) is 1. The molecule has 0 amide bonds. The Kier molecular flexibility index (Phi) is 5.38. The van der Waals surface area contributed by atoms with Crippen LogP contribution in [0.15, 0.2) is 24.3 Å². The summed E-state index contributed by atoms with van der Waals surface area (Å²) in [5, 5.41) is 8.93. The molecule has 0 spiro atoms. The fourth-order valence-corrected chi connectivity index (χ4v) is 1.96. The molecule has 1 aromatic carbocycles. The summed E-state index contributed by atoms with van der Waals surface area (Å²) in [6, 6.07) is 5.70. The molecule has 112 valence electrons. The van der Waals surface area contributed by atoms with Gasteiger partial charge in [0.15, 0.2) is 0 Å². The number of carbonyl (C=O) groups is 1. The lowest BCUT2D eigenvalue weighted by atomic mass is 9.89. The van der Waals surface area contributed by atoms with Gasteiger partial charge in [0.05, 0.1) is 5.92 Å². The Bertz CT molecular complexity index is 462. The molecular weight excluding hydrogens is 275 g/mol. The highest BCUT2D eigenvalue weighted by Crippen LogP contribution is 2.33. The molecule has 3 N–H and O–H groups in total. The Labute approximate surface area is 114 Å². The number of para-hydroxylation sites is 1. The molecule has 0 saturated carbocycles. The molecule has 1 rings (SSSR count). The van der Waals surface area contributed by atoms with Crippen molar-refractivity contribution in [1.82, 2.24) is 0 Å². The van der Waals surface area contributed by atoms with E-state index in [1.165, 1.54) is 18.2 Å². The monoisotopic (exact) mass is 291 g/mol. The highest BCUT2D eigenvalue weighted by atomic mass is 19.4. The maximum Gasteiger partial charge on any atom is 0.573 e. The topological polar surface area (TPSA) is 72.6 Å². The third-order valence-electron chi connectivity index (χ3n) is 2.95. The van der Waals surface area contributed by atoms with Crippen molar-refractivity contribution in [3.63, 3.8) is 0 Å².